The van der Waals surface area contributed by atoms with Gasteiger partial charge in [-0.15, -0.1) is 0 Å². The summed E-state index contributed by atoms with van der Waals surface area (Å²) in [5.41, 5.74) is 0.534. The number of carbonyl (C=O) groups is 2. The van der Waals surface area contributed by atoms with Gasteiger partial charge in [-0.25, -0.2) is 4.79 Å². The molecule has 0 aliphatic rings. The van der Waals surface area contributed by atoms with E-state index in [1.807, 2.05) is 0 Å². The standard InChI is InChI=1S/C9H8BrNO3/c1-11(8(12)9(13)14)7-4-2-3-6(10)5-7/h2-5H,1H3,(H,13,14). The number of amides is 1. The van der Waals surface area contributed by atoms with Crippen LogP contribution in [-0.2, 0) is 9.59 Å². The zero-order chi connectivity index (χ0) is 10.7. The van der Waals surface area contributed by atoms with Crippen LogP contribution in [0, 0.1) is 0 Å². The van der Waals surface area contributed by atoms with Gasteiger partial charge in [0.2, 0.25) is 0 Å². The van der Waals surface area contributed by atoms with Gasteiger partial charge in [0.05, 0.1) is 0 Å². The largest absolute Gasteiger partial charge is 0.474 e. The first-order chi connectivity index (χ1) is 6.52. The third kappa shape index (κ3) is 2.32. The van der Waals surface area contributed by atoms with Crippen molar-refractivity contribution in [3.63, 3.8) is 0 Å². The van der Waals surface area contributed by atoms with E-state index >= 15 is 0 Å². The Kier molecular flexibility index (Phi) is 3.24. The van der Waals surface area contributed by atoms with Gasteiger partial charge in [-0.3, -0.25) is 4.79 Å². The Labute approximate surface area is 89.3 Å². The van der Waals surface area contributed by atoms with E-state index in [4.69, 9.17) is 5.11 Å². The van der Waals surface area contributed by atoms with Crippen LogP contribution in [0.5, 0.6) is 0 Å². The summed E-state index contributed by atoms with van der Waals surface area (Å²) in [6, 6.07) is 6.85. The van der Waals surface area contributed by atoms with E-state index in [0.717, 1.165) is 9.37 Å². The third-order valence-corrected chi connectivity index (χ3v) is 2.18. The summed E-state index contributed by atoms with van der Waals surface area (Å²) in [7, 11) is 1.41. The molecule has 14 heavy (non-hydrogen) atoms. The molecule has 4 nitrogen and oxygen atoms in total. The highest BCUT2D eigenvalue weighted by Gasteiger charge is 2.18. The van der Waals surface area contributed by atoms with E-state index < -0.39 is 11.9 Å². The molecule has 0 atom stereocenters. The molecule has 0 aromatic heterocycles. The predicted octanol–water partition coefficient (Wildman–Crippen LogP) is 1.50. The smallest absolute Gasteiger partial charge is 0.394 e. The van der Waals surface area contributed by atoms with Crippen LogP contribution in [0.4, 0.5) is 5.69 Å². The van der Waals surface area contributed by atoms with Crippen molar-refractivity contribution in [2.75, 3.05) is 11.9 Å². The number of carboxylic acids is 1. The molecule has 0 radical (unpaired) electrons. The Morgan fingerprint density at radius 2 is 2.07 bits per heavy atom. The quantitative estimate of drug-likeness (QED) is 0.776. The van der Waals surface area contributed by atoms with Crippen molar-refractivity contribution >= 4 is 33.5 Å². The number of halogens is 1. The molecule has 1 aromatic rings. The summed E-state index contributed by atoms with van der Waals surface area (Å²) >= 11 is 3.23. The molecule has 0 unspecified atom stereocenters. The predicted molar refractivity (Wildman–Crippen MR) is 55.2 cm³/mol. The van der Waals surface area contributed by atoms with Gasteiger partial charge in [-0.1, -0.05) is 22.0 Å². The third-order valence-electron chi connectivity index (χ3n) is 1.68. The molecule has 0 saturated carbocycles. The van der Waals surface area contributed by atoms with Crippen LogP contribution >= 0.6 is 15.9 Å². The molecule has 0 aliphatic carbocycles. The zero-order valence-corrected chi connectivity index (χ0v) is 8.98. The maximum atomic E-state index is 11.1. The summed E-state index contributed by atoms with van der Waals surface area (Å²) in [6.45, 7) is 0. The van der Waals surface area contributed by atoms with Crippen LogP contribution in [0.15, 0.2) is 28.7 Å². The summed E-state index contributed by atoms with van der Waals surface area (Å²) < 4.78 is 0.792. The van der Waals surface area contributed by atoms with Crippen molar-refractivity contribution in [3.8, 4) is 0 Å². The molecule has 0 heterocycles. The molecule has 0 bridgehead atoms. The second kappa shape index (κ2) is 4.23. The summed E-state index contributed by atoms with van der Waals surface area (Å²) in [6.07, 6.45) is 0. The number of benzene rings is 1. The molecule has 1 rings (SSSR count). The van der Waals surface area contributed by atoms with Crippen LogP contribution in [0.2, 0.25) is 0 Å². The van der Waals surface area contributed by atoms with Crippen molar-refractivity contribution in [2.45, 2.75) is 0 Å². The van der Waals surface area contributed by atoms with Crippen LogP contribution < -0.4 is 4.90 Å². The van der Waals surface area contributed by atoms with Gasteiger partial charge in [0, 0.05) is 17.2 Å². The van der Waals surface area contributed by atoms with Crippen molar-refractivity contribution in [1.29, 1.82) is 0 Å². The second-order valence-electron chi connectivity index (χ2n) is 2.65. The van der Waals surface area contributed by atoms with E-state index in [1.54, 1.807) is 24.3 Å². The molecule has 1 N–H and O–H groups in total. The van der Waals surface area contributed by atoms with Gasteiger partial charge in [0.1, 0.15) is 0 Å². The first-order valence-corrected chi connectivity index (χ1v) is 4.58. The highest BCUT2D eigenvalue weighted by Crippen LogP contribution is 2.18. The highest BCUT2D eigenvalue weighted by molar-refractivity contribution is 9.10. The molecule has 0 aliphatic heterocycles. The molecule has 74 valence electrons. The lowest BCUT2D eigenvalue weighted by atomic mass is 10.3. The number of carbonyl (C=O) groups excluding carboxylic acids is 1. The minimum absolute atomic E-state index is 0.534. The molecule has 1 aromatic carbocycles. The number of hydrogen-bond donors (Lipinski definition) is 1. The van der Waals surface area contributed by atoms with Gasteiger partial charge < -0.3 is 10.0 Å². The Bertz CT molecular complexity index is 378. The number of carboxylic acid groups (broad SMARTS) is 1. The van der Waals surface area contributed by atoms with Crippen molar-refractivity contribution in [1.82, 2.24) is 0 Å². The Balaban J connectivity index is 2.95. The first-order valence-electron chi connectivity index (χ1n) is 3.79. The maximum absolute atomic E-state index is 11.1. The van der Waals surface area contributed by atoms with Crippen LogP contribution in [0.1, 0.15) is 0 Å². The number of rotatable bonds is 1. The minimum atomic E-state index is -1.47. The summed E-state index contributed by atoms with van der Waals surface area (Å²) in [5.74, 6) is -2.42. The van der Waals surface area contributed by atoms with Gasteiger partial charge in [0.25, 0.3) is 0 Å². The zero-order valence-electron chi connectivity index (χ0n) is 7.40. The molecule has 5 heteroatoms. The van der Waals surface area contributed by atoms with Crippen molar-refractivity contribution in [2.24, 2.45) is 0 Å². The van der Waals surface area contributed by atoms with Gasteiger partial charge >= 0.3 is 11.9 Å². The average molecular weight is 258 g/mol. The van der Waals surface area contributed by atoms with Gasteiger partial charge in [-0.05, 0) is 18.2 Å². The molecule has 0 saturated heterocycles. The average Bonchev–Trinajstić information content (AvgIpc) is 2.15. The molecule has 0 fully saturated rings. The number of hydrogen-bond acceptors (Lipinski definition) is 2. The van der Waals surface area contributed by atoms with E-state index in [2.05, 4.69) is 15.9 Å². The Hall–Kier alpha value is -1.36. The van der Waals surface area contributed by atoms with E-state index in [1.165, 1.54) is 7.05 Å². The van der Waals surface area contributed by atoms with Gasteiger partial charge in [0.15, 0.2) is 0 Å². The Morgan fingerprint density at radius 3 is 2.57 bits per heavy atom. The summed E-state index contributed by atoms with van der Waals surface area (Å²) in [4.78, 5) is 22.5. The number of anilines is 1. The Morgan fingerprint density at radius 1 is 1.43 bits per heavy atom. The molecular weight excluding hydrogens is 250 g/mol. The lowest BCUT2D eigenvalue weighted by Crippen LogP contribution is -2.32. The maximum Gasteiger partial charge on any atom is 0.394 e. The fraction of sp³-hybridized carbons (Fsp3) is 0.111. The molecular formula is C9H8BrNO3. The SMILES string of the molecule is CN(C(=O)C(=O)O)c1cccc(Br)c1. The topological polar surface area (TPSA) is 57.6 Å². The second-order valence-corrected chi connectivity index (χ2v) is 3.56. The lowest BCUT2D eigenvalue weighted by molar-refractivity contribution is -0.148. The highest BCUT2D eigenvalue weighted by atomic mass is 79.9. The van der Waals surface area contributed by atoms with Crippen molar-refractivity contribution < 1.29 is 14.7 Å². The van der Waals surface area contributed by atoms with Crippen molar-refractivity contribution in [3.05, 3.63) is 28.7 Å². The van der Waals surface area contributed by atoms with E-state index in [9.17, 15) is 9.59 Å². The molecule has 1 amide bonds. The minimum Gasteiger partial charge on any atom is -0.474 e. The first kappa shape index (κ1) is 10.7. The van der Waals surface area contributed by atoms with Crippen LogP contribution in [-0.4, -0.2) is 24.0 Å². The lowest BCUT2D eigenvalue weighted by Gasteiger charge is -2.14. The van der Waals surface area contributed by atoms with Crippen LogP contribution in [0.25, 0.3) is 0 Å². The normalized spacial score (nSPS) is 9.57. The van der Waals surface area contributed by atoms with E-state index in [-0.39, 0.29) is 0 Å². The molecule has 0 spiro atoms. The number of likely N-dealkylation sites (N-methyl/N-ethyl adjacent to an activating group) is 1. The monoisotopic (exact) mass is 257 g/mol. The van der Waals surface area contributed by atoms with Crippen LogP contribution in [0.3, 0.4) is 0 Å². The number of nitrogens with zero attached hydrogens (tertiary/aromatic N) is 1. The fourth-order valence-corrected chi connectivity index (χ4v) is 1.33. The number of aliphatic carboxylic acids is 1. The van der Waals surface area contributed by atoms with Gasteiger partial charge in [-0.2, -0.15) is 0 Å². The van der Waals surface area contributed by atoms with E-state index in [0.29, 0.717) is 5.69 Å². The summed E-state index contributed by atoms with van der Waals surface area (Å²) in [5, 5.41) is 8.48. The fourth-order valence-electron chi connectivity index (χ4n) is 0.945.